The molecule has 2 aromatic rings. The van der Waals surface area contributed by atoms with Crippen LogP contribution in [0.3, 0.4) is 0 Å². The number of aliphatic hydroxyl groups is 1. The van der Waals surface area contributed by atoms with Crippen molar-refractivity contribution in [3.05, 3.63) is 52.9 Å². The van der Waals surface area contributed by atoms with Gasteiger partial charge in [-0.15, -0.1) is 0 Å². The maximum atomic E-state index is 10.1. The van der Waals surface area contributed by atoms with Crippen LogP contribution in [0.5, 0.6) is 11.5 Å². The molecule has 1 aromatic carbocycles. The van der Waals surface area contributed by atoms with Gasteiger partial charge in [0.25, 0.3) is 0 Å². The number of allylic oxidation sites excluding steroid dienone is 1. The van der Waals surface area contributed by atoms with E-state index >= 15 is 0 Å². The van der Waals surface area contributed by atoms with E-state index in [1.807, 2.05) is 17.9 Å². The molecule has 0 aliphatic heterocycles. The monoisotopic (exact) mass is 494 g/mol. The Balaban J connectivity index is 1.79. The molecule has 36 heavy (non-hydrogen) atoms. The van der Waals surface area contributed by atoms with Crippen molar-refractivity contribution < 1.29 is 14.6 Å². The Morgan fingerprint density at radius 1 is 1.17 bits per heavy atom. The van der Waals surface area contributed by atoms with Crippen molar-refractivity contribution in [3.8, 4) is 11.5 Å². The Morgan fingerprint density at radius 2 is 1.83 bits per heavy atom. The van der Waals surface area contributed by atoms with Gasteiger partial charge in [-0.3, -0.25) is 4.68 Å². The first kappa shape index (κ1) is 26.8. The number of aromatic nitrogens is 2. The summed E-state index contributed by atoms with van der Waals surface area (Å²) in [6.45, 7) is 11.7. The number of hydrogen-bond acceptors (Lipinski definition) is 4. The summed E-state index contributed by atoms with van der Waals surface area (Å²) in [5, 5.41) is 14.9. The summed E-state index contributed by atoms with van der Waals surface area (Å²) in [6, 6.07) is 6.63. The van der Waals surface area contributed by atoms with E-state index in [0.29, 0.717) is 11.8 Å². The number of hydrogen-bond donors (Lipinski definition) is 1. The normalized spacial score (nSPS) is 23.6. The van der Waals surface area contributed by atoms with Crippen LogP contribution in [0.1, 0.15) is 95.4 Å². The van der Waals surface area contributed by atoms with Gasteiger partial charge in [0, 0.05) is 30.6 Å². The number of benzene rings is 1. The first-order chi connectivity index (χ1) is 17.1. The Labute approximate surface area is 217 Å². The van der Waals surface area contributed by atoms with E-state index in [-0.39, 0.29) is 29.3 Å². The third kappa shape index (κ3) is 4.49. The number of methoxy groups -OCH3 is 2. The molecule has 5 heteroatoms. The molecule has 1 aromatic heterocycles. The summed E-state index contributed by atoms with van der Waals surface area (Å²) in [5.74, 6) is 3.20. The van der Waals surface area contributed by atoms with Crippen molar-refractivity contribution in [2.75, 3.05) is 20.8 Å². The molecule has 4 atom stereocenters. The Hall–Kier alpha value is -2.27. The number of aryl methyl sites for hydroxylation is 1. The van der Waals surface area contributed by atoms with Gasteiger partial charge < -0.3 is 14.6 Å². The largest absolute Gasteiger partial charge is 0.496 e. The first-order valence-corrected chi connectivity index (χ1v) is 13.7. The zero-order valence-corrected chi connectivity index (χ0v) is 23.6. The standard InChI is InChI=1S/C31H46N2O3/c1-9-10-11-12-23(26-13-14-33(6)32-26)30(2,3)21-16-27(35-7)29(28(17-21)36-8)22-15-20(19-34)24-18-25(22)31(24,4)5/h13-17,22-25,34H,9-12,18-19H2,1-8H3/t22-,23?,24+,25-/m0/s1. The van der Waals surface area contributed by atoms with Gasteiger partial charge in [0.15, 0.2) is 0 Å². The second kappa shape index (κ2) is 10.2. The summed E-state index contributed by atoms with van der Waals surface area (Å²) >= 11 is 0. The molecule has 3 aliphatic carbocycles. The van der Waals surface area contributed by atoms with Gasteiger partial charge in [-0.1, -0.05) is 60.0 Å². The molecule has 2 bridgehead atoms. The second-order valence-corrected chi connectivity index (χ2v) is 12.1. The van der Waals surface area contributed by atoms with Crippen LogP contribution in [0, 0.1) is 17.3 Å². The van der Waals surface area contributed by atoms with Crippen LogP contribution in [0.2, 0.25) is 0 Å². The third-order valence-electron chi connectivity index (χ3n) is 9.48. The average molecular weight is 495 g/mol. The quantitative estimate of drug-likeness (QED) is 0.277. The van der Waals surface area contributed by atoms with Crippen molar-refractivity contribution in [2.24, 2.45) is 24.3 Å². The van der Waals surface area contributed by atoms with Crippen molar-refractivity contribution in [3.63, 3.8) is 0 Å². The lowest BCUT2D eigenvalue weighted by Crippen LogP contribution is -2.51. The molecule has 0 amide bonds. The summed E-state index contributed by atoms with van der Waals surface area (Å²) < 4.78 is 14.1. The zero-order chi connectivity index (χ0) is 26.3. The molecule has 0 radical (unpaired) electrons. The third-order valence-corrected chi connectivity index (χ3v) is 9.48. The molecule has 5 rings (SSSR count). The van der Waals surface area contributed by atoms with E-state index in [4.69, 9.17) is 14.6 Å². The predicted molar refractivity (Wildman–Crippen MR) is 146 cm³/mol. The van der Waals surface area contributed by atoms with Gasteiger partial charge in [0.05, 0.1) is 26.5 Å². The van der Waals surface area contributed by atoms with Crippen LogP contribution in [0.4, 0.5) is 0 Å². The van der Waals surface area contributed by atoms with Gasteiger partial charge >= 0.3 is 0 Å². The van der Waals surface area contributed by atoms with E-state index in [1.165, 1.54) is 24.8 Å². The fourth-order valence-corrected chi connectivity index (χ4v) is 7.04. The summed E-state index contributed by atoms with van der Waals surface area (Å²) in [4.78, 5) is 0. The van der Waals surface area contributed by atoms with Gasteiger partial charge in [0.2, 0.25) is 0 Å². The van der Waals surface area contributed by atoms with Crippen LogP contribution in [-0.4, -0.2) is 35.7 Å². The SMILES string of the molecule is CCCCCC(c1ccn(C)n1)C(C)(C)c1cc(OC)c([C@H]2C=C(CO)[C@H]3C[C@@H]2C3(C)C)c(OC)c1. The van der Waals surface area contributed by atoms with Gasteiger partial charge in [-0.05, 0) is 64.8 Å². The van der Waals surface area contributed by atoms with Crippen LogP contribution >= 0.6 is 0 Å². The van der Waals surface area contributed by atoms with Crippen molar-refractivity contribution in [1.82, 2.24) is 9.78 Å². The van der Waals surface area contributed by atoms with E-state index < -0.39 is 0 Å². The van der Waals surface area contributed by atoms with Gasteiger partial charge in [-0.25, -0.2) is 0 Å². The number of ether oxygens (including phenoxy) is 2. The fraction of sp³-hybridized carbons (Fsp3) is 0.645. The number of unbranched alkanes of at least 4 members (excludes halogenated alkanes) is 2. The van der Waals surface area contributed by atoms with E-state index in [9.17, 15) is 5.11 Å². The number of fused-ring (bicyclic) bond motifs is 1. The van der Waals surface area contributed by atoms with Crippen molar-refractivity contribution >= 4 is 0 Å². The molecule has 1 unspecified atom stereocenters. The van der Waals surface area contributed by atoms with Gasteiger partial charge in [0.1, 0.15) is 11.5 Å². The molecule has 0 saturated heterocycles. The Morgan fingerprint density at radius 3 is 2.33 bits per heavy atom. The maximum Gasteiger partial charge on any atom is 0.126 e. The number of aliphatic hydroxyl groups excluding tert-OH is 1. The summed E-state index contributed by atoms with van der Waals surface area (Å²) in [5.41, 5.74) is 4.62. The van der Waals surface area contributed by atoms with Crippen LogP contribution in [0.25, 0.3) is 0 Å². The highest BCUT2D eigenvalue weighted by atomic mass is 16.5. The number of nitrogens with zero attached hydrogens (tertiary/aromatic N) is 2. The van der Waals surface area contributed by atoms with Crippen molar-refractivity contribution in [1.29, 1.82) is 0 Å². The second-order valence-electron chi connectivity index (χ2n) is 12.1. The highest BCUT2D eigenvalue weighted by molar-refractivity contribution is 5.55. The Kier molecular flexibility index (Phi) is 7.62. The Bertz CT molecular complexity index is 1070. The lowest BCUT2D eigenvalue weighted by molar-refractivity contribution is -0.0260. The van der Waals surface area contributed by atoms with Crippen LogP contribution in [0.15, 0.2) is 36.0 Å². The minimum absolute atomic E-state index is 0.122. The van der Waals surface area contributed by atoms with E-state index in [1.54, 1.807) is 14.2 Å². The summed E-state index contributed by atoms with van der Waals surface area (Å²) in [6.07, 6.45) is 10.2. The lowest BCUT2D eigenvalue weighted by Gasteiger charge is -2.59. The highest BCUT2D eigenvalue weighted by Crippen LogP contribution is 2.65. The molecule has 0 spiro atoms. The molecule has 1 fully saturated rings. The molecule has 1 N–H and O–H groups in total. The molecule has 3 aliphatic rings. The maximum absolute atomic E-state index is 10.1. The highest BCUT2D eigenvalue weighted by Gasteiger charge is 2.56. The lowest BCUT2D eigenvalue weighted by atomic mass is 9.45. The van der Waals surface area contributed by atoms with Crippen molar-refractivity contribution in [2.45, 2.75) is 84.0 Å². The molecular weight excluding hydrogens is 448 g/mol. The number of rotatable bonds is 11. The first-order valence-electron chi connectivity index (χ1n) is 13.7. The predicted octanol–water partition coefficient (Wildman–Crippen LogP) is 6.76. The minimum Gasteiger partial charge on any atom is -0.496 e. The average Bonchev–Trinajstić information content (AvgIpc) is 3.30. The van der Waals surface area contributed by atoms with E-state index in [0.717, 1.165) is 41.2 Å². The van der Waals surface area contributed by atoms with Crippen LogP contribution < -0.4 is 9.47 Å². The molecule has 198 valence electrons. The fourth-order valence-electron chi connectivity index (χ4n) is 7.04. The summed E-state index contributed by atoms with van der Waals surface area (Å²) in [7, 11) is 5.52. The molecule has 5 nitrogen and oxygen atoms in total. The van der Waals surface area contributed by atoms with Crippen LogP contribution in [-0.2, 0) is 12.5 Å². The van der Waals surface area contributed by atoms with Gasteiger partial charge in [-0.2, -0.15) is 5.10 Å². The molecule has 1 heterocycles. The minimum atomic E-state index is -0.166. The smallest absolute Gasteiger partial charge is 0.126 e. The zero-order valence-electron chi connectivity index (χ0n) is 23.6. The molecular formula is C31H46N2O3. The molecule has 1 saturated carbocycles. The topological polar surface area (TPSA) is 56.5 Å². The van der Waals surface area contributed by atoms with E-state index in [2.05, 4.69) is 58.9 Å².